The largest absolute Gasteiger partial charge is 0.487 e. The number of para-hydroxylation sites is 1. The van der Waals surface area contributed by atoms with Crippen LogP contribution in [0, 0.1) is 0 Å². The van der Waals surface area contributed by atoms with Crippen LogP contribution in [0.15, 0.2) is 29.3 Å². The van der Waals surface area contributed by atoms with E-state index in [1.807, 2.05) is 31.2 Å². The number of nitrogens with one attached hydrogen (secondary N) is 2. The van der Waals surface area contributed by atoms with Gasteiger partial charge in [-0.15, -0.1) is 0 Å². The maximum atomic E-state index is 6.07. The summed E-state index contributed by atoms with van der Waals surface area (Å²) in [6, 6.07) is 8.09. The van der Waals surface area contributed by atoms with Gasteiger partial charge in [-0.25, -0.2) is 4.99 Å². The van der Waals surface area contributed by atoms with E-state index in [1.165, 1.54) is 12.8 Å². The van der Waals surface area contributed by atoms with Gasteiger partial charge in [0.2, 0.25) is 0 Å². The Labute approximate surface area is 125 Å². The number of rotatable bonds is 6. The molecule has 0 aliphatic heterocycles. The Bertz CT molecular complexity index is 460. The van der Waals surface area contributed by atoms with Gasteiger partial charge < -0.3 is 15.4 Å². The third-order valence-corrected chi connectivity index (χ3v) is 3.25. The lowest BCUT2D eigenvalue weighted by Gasteiger charge is -2.15. The molecule has 1 aliphatic carbocycles. The van der Waals surface area contributed by atoms with Crippen molar-refractivity contribution < 1.29 is 4.74 Å². The number of aliphatic imine (C=N–C) groups is 1. The van der Waals surface area contributed by atoms with Gasteiger partial charge in [-0.05, 0) is 38.8 Å². The van der Waals surface area contributed by atoms with Crippen LogP contribution in [-0.2, 0) is 0 Å². The maximum Gasteiger partial charge on any atom is 0.191 e. The first-order valence-electron chi connectivity index (χ1n) is 7.15. The third kappa shape index (κ3) is 4.93. The minimum absolute atomic E-state index is 0.0236. The van der Waals surface area contributed by atoms with E-state index in [4.69, 9.17) is 16.3 Å². The van der Waals surface area contributed by atoms with Crippen LogP contribution < -0.4 is 15.4 Å². The fourth-order valence-corrected chi connectivity index (χ4v) is 1.94. The lowest BCUT2D eigenvalue weighted by Crippen LogP contribution is -2.39. The topological polar surface area (TPSA) is 45.7 Å². The molecule has 2 rings (SSSR count). The molecular weight excluding hydrogens is 274 g/mol. The summed E-state index contributed by atoms with van der Waals surface area (Å²) < 4.78 is 5.80. The van der Waals surface area contributed by atoms with E-state index in [-0.39, 0.29) is 6.10 Å². The van der Waals surface area contributed by atoms with Crippen molar-refractivity contribution in [2.24, 2.45) is 4.99 Å². The van der Waals surface area contributed by atoms with E-state index >= 15 is 0 Å². The molecule has 4 nitrogen and oxygen atoms in total. The predicted molar refractivity (Wildman–Crippen MR) is 83.7 cm³/mol. The van der Waals surface area contributed by atoms with Crippen molar-refractivity contribution in [1.29, 1.82) is 0 Å². The quantitative estimate of drug-likeness (QED) is 0.627. The van der Waals surface area contributed by atoms with Crippen LogP contribution in [0.5, 0.6) is 5.75 Å². The van der Waals surface area contributed by atoms with Crippen LogP contribution in [0.3, 0.4) is 0 Å². The van der Waals surface area contributed by atoms with Gasteiger partial charge in [-0.1, -0.05) is 23.7 Å². The molecule has 1 atom stereocenters. The molecule has 5 heteroatoms. The molecule has 0 saturated heterocycles. The third-order valence-electron chi connectivity index (χ3n) is 2.93. The van der Waals surface area contributed by atoms with Gasteiger partial charge >= 0.3 is 0 Å². The standard InChI is InChI=1S/C15H22ClN3O/c1-3-17-15(19-12-8-9-12)18-10-11(2)20-14-7-5-4-6-13(14)16/h4-7,11-12H,3,8-10H2,1-2H3,(H2,17,18,19). The molecule has 1 aromatic rings. The number of benzene rings is 1. The highest BCUT2D eigenvalue weighted by molar-refractivity contribution is 6.32. The normalized spacial score (nSPS) is 16.6. The van der Waals surface area contributed by atoms with E-state index in [2.05, 4.69) is 22.5 Å². The Kier molecular flexibility index (Phi) is 5.53. The molecule has 1 saturated carbocycles. The average Bonchev–Trinajstić information content (AvgIpc) is 3.23. The Morgan fingerprint density at radius 2 is 2.20 bits per heavy atom. The predicted octanol–water partition coefficient (Wildman–Crippen LogP) is 2.82. The smallest absolute Gasteiger partial charge is 0.191 e. The van der Waals surface area contributed by atoms with Gasteiger partial charge in [0.15, 0.2) is 5.96 Å². The summed E-state index contributed by atoms with van der Waals surface area (Å²) in [4.78, 5) is 4.55. The van der Waals surface area contributed by atoms with Crippen molar-refractivity contribution in [3.63, 3.8) is 0 Å². The van der Waals surface area contributed by atoms with Crippen LogP contribution in [0.2, 0.25) is 5.02 Å². The van der Waals surface area contributed by atoms with Crippen molar-refractivity contribution in [2.75, 3.05) is 13.1 Å². The highest BCUT2D eigenvalue weighted by Gasteiger charge is 2.22. The molecule has 2 N–H and O–H groups in total. The highest BCUT2D eigenvalue weighted by Crippen LogP contribution is 2.24. The van der Waals surface area contributed by atoms with Crippen molar-refractivity contribution in [2.45, 2.75) is 38.8 Å². The Morgan fingerprint density at radius 3 is 2.85 bits per heavy atom. The maximum absolute atomic E-state index is 6.07. The second-order valence-electron chi connectivity index (χ2n) is 5.00. The molecule has 1 fully saturated rings. The first kappa shape index (κ1) is 15.0. The van der Waals surface area contributed by atoms with E-state index in [0.29, 0.717) is 23.4 Å². The van der Waals surface area contributed by atoms with Crippen molar-refractivity contribution in [3.05, 3.63) is 29.3 Å². The zero-order valence-electron chi connectivity index (χ0n) is 12.0. The summed E-state index contributed by atoms with van der Waals surface area (Å²) in [6.07, 6.45) is 2.44. The molecule has 1 aliphatic rings. The van der Waals surface area contributed by atoms with Gasteiger partial charge in [0, 0.05) is 12.6 Å². The van der Waals surface area contributed by atoms with Gasteiger partial charge in [-0.2, -0.15) is 0 Å². The van der Waals surface area contributed by atoms with Gasteiger partial charge in [-0.3, -0.25) is 0 Å². The van der Waals surface area contributed by atoms with Crippen molar-refractivity contribution >= 4 is 17.6 Å². The summed E-state index contributed by atoms with van der Waals surface area (Å²) in [5.41, 5.74) is 0. The SMILES string of the molecule is CCNC(=NCC(C)Oc1ccccc1Cl)NC1CC1. The molecule has 20 heavy (non-hydrogen) atoms. The number of nitrogens with zero attached hydrogens (tertiary/aromatic N) is 1. The zero-order chi connectivity index (χ0) is 14.4. The average molecular weight is 296 g/mol. The molecule has 0 amide bonds. The molecule has 0 aromatic heterocycles. The van der Waals surface area contributed by atoms with E-state index < -0.39 is 0 Å². The Hall–Kier alpha value is -1.42. The lowest BCUT2D eigenvalue weighted by molar-refractivity contribution is 0.230. The molecule has 110 valence electrons. The summed E-state index contributed by atoms with van der Waals surface area (Å²) in [7, 11) is 0. The minimum atomic E-state index is -0.0236. The van der Waals surface area contributed by atoms with Gasteiger partial charge in [0.05, 0.1) is 11.6 Å². The number of guanidine groups is 1. The van der Waals surface area contributed by atoms with Gasteiger partial charge in [0.1, 0.15) is 11.9 Å². The number of hydrogen-bond donors (Lipinski definition) is 2. The van der Waals surface area contributed by atoms with Crippen LogP contribution in [0.25, 0.3) is 0 Å². The van der Waals surface area contributed by atoms with Crippen LogP contribution in [0.4, 0.5) is 0 Å². The van der Waals surface area contributed by atoms with Crippen molar-refractivity contribution in [1.82, 2.24) is 10.6 Å². The van der Waals surface area contributed by atoms with E-state index in [0.717, 1.165) is 12.5 Å². The van der Waals surface area contributed by atoms with Gasteiger partial charge in [0.25, 0.3) is 0 Å². The number of halogens is 1. The molecule has 0 radical (unpaired) electrons. The fraction of sp³-hybridized carbons (Fsp3) is 0.533. The van der Waals surface area contributed by atoms with Crippen LogP contribution in [0.1, 0.15) is 26.7 Å². The number of hydrogen-bond acceptors (Lipinski definition) is 2. The molecular formula is C15H22ClN3O. The number of ether oxygens (including phenoxy) is 1. The monoisotopic (exact) mass is 295 g/mol. The Morgan fingerprint density at radius 1 is 1.45 bits per heavy atom. The molecule has 0 spiro atoms. The summed E-state index contributed by atoms with van der Waals surface area (Å²) in [6.45, 7) is 5.51. The summed E-state index contributed by atoms with van der Waals surface area (Å²) in [5, 5.41) is 7.25. The van der Waals surface area contributed by atoms with Crippen LogP contribution in [-0.4, -0.2) is 31.2 Å². The first-order chi connectivity index (χ1) is 9.69. The minimum Gasteiger partial charge on any atom is -0.487 e. The first-order valence-corrected chi connectivity index (χ1v) is 7.53. The molecule has 1 unspecified atom stereocenters. The Balaban J connectivity index is 1.85. The zero-order valence-corrected chi connectivity index (χ0v) is 12.8. The van der Waals surface area contributed by atoms with Crippen molar-refractivity contribution in [3.8, 4) is 5.75 Å². The van der Waals surface area contributed by atoms with E-state index in [1.54, 1.807) is 0 Å². The second-order valence-corrected chi connectivity index (χ2v) is 5.40. The summed E-state index contributed by atoms with van der Waals surface area (Å²) >= 11 is 6.07. The second kappa shape index (κ2) is 7.39. The lowest BCUT2D eigenvalue weighted by atomic mass is 10.3. The highest BCUT2D eigenvalue weighted by atomic mass is 35.5. The molecule has 0 heterocycles. The molecule has 1 aromatic carbocycles. The fourth-order valence-electron chi connectivity index (χ4n) is 1.76. The van der Waals surface area contributed by atoms with E-state index in [9.17, 15) is 0 Å². The van der Waals surface area contributed by atoms with Crippen LogP contribution >= 0.6 is 11.6 Å². The summed E-state index contributed by atoms with van der Waals surface area (Å²) in [5.74, 6) is 1.57. The molecule has 0 bridgehead atoms.